The molecule has 0 radical (unpaired) electrons. The van der Waals surface area contributed by atoms with Crippen molar-refractivity contribution in [2.75, 3.05) is 5.32 Å². The maximum absolute atomic E-state index is 4.75. The molecule has 1 aromatic heterocycles. The Labute approximate surface area is 162 Å². The molecule has 0 fully saturated rings. The number of aryl methyl sites for hydroxylation is 1. The smallest absolute Gasteiger partial charge is 0.187 e. The Morgan fingerprint density at radius 2 is 1.68 bits per heavy atom. The molecule has 1 N–H and O–H groups in total. The van der Waals surface area contributed by atoms with Crippen molar-refractivity contribution in [1.29, 1.82) is 0 Å². The Balaban J connectivity index is 0.00000182. The number of nitrogens with zero attached hydrogens (tertiary/aromatic N) is 1. The van der Waals surface area contributed by atoms with Crippen LogP contribution in [0.5, 0.6) is 0 Å². The monoisotopic (exact) mass is 410 g/mol. The first-order valence-corrected chi connectivity index (χ1v) is 9.01. The first-order chi connectivity index (χ1) is 11.8. The summed E-state index contributed by atoms with van der Waals surface area (Å²) in [6, 6.07) is 23.3. The van der Waals surface area contributed by atoms with Crippen molar-refractivity contribution in [3.63, 3.8) is 0 Å². The highest BCUT2D eigenvalue weighted by Gasteiger charge is 2.06. The van der Waals surface area contributed by atoms with Crippen LogP contribution >= 0.6 is 28.3 Å². The highest BCUT2D eigenvalue weighted by atomic mass is 79.9. The van der Waals surface area contributed by atoms with Gasteiger partial charge in [0.05, 0.1) is 5.69 Å². The normalized spacial score (nSPS) is 10.4. The van der Waals surface area contributed by atoms with E-state index in [9.17, 15) is 0 Å². The lowest BCUT2D eigenvalue weighted by molar-refractivity contribution is 1.14. The molecule has 4 aromatic rings. The molecule has 0 saturated carbocycles. The fourth-order valence-corrected chi connectivity index (χ4v) is 3.56. The van der Waals surface area contributed by atoms with Gasteiger partial charge in [0.15, 0.2) is 5.13 Å². The number of rotatable bonds is 4. The second-order valence-corrected chi connectivity index (χ2v) is 6.60. The lowest BCUT2D eigenvalue weighted by atomic mass is 10.1. The summed E-state index contributed by atoms with van der Waals surface area (Å²) in [5, 5.41) is 8.93. The zero-order valence-electron chi connectivity index (χ0n) is 13.9. The minimum absolute atomic E-state index is 0. The van der Waals surface area contributed by atoms with Crippen molar-refractivity contribution in [2.24, 2.45) is 0 Å². The fourth-order valence-electron chi connectivity index (χ4n) is 2.82. The van der Waals surface area contributed by atoms with Crippen LogP contribution in [0.2, 0.25) is 0 Å². The van der Waals surface area contributed by atoms with E-state index in [0.717, 1.165) is 28.5 Å². The predicted molar refractivity (Wildman–Crippen MR) is 114 cm³/mol. The first-order valence-electron chi connectivity index (χ1n) is 8.13. The summed E-state index contributed by atoms with van der Waals surface area (Å²) in [7, 11) is 0. The van der Waals surface area contributed by atoms with Crippen molar-refractivity contribution in [3.05, 3.63) is 77.7 Å². The Hall–Kier alpha value is -2.17. The van der Waals surface area contributed by atoms with Crippen LogP contribution in [0.4, 0.5) is 10.8 Å². The van der Waals surface area contributed by atoms with Crippen LogP contribution in [0.15, 0.2) is 72.1 Å². The number of hydrogen-bond donors (Lipinski definition) is 1. The lowest BCUT2D eigenvalue weighted by Gasteiger charge is -2.07. The van der Waals surface area contributed by atoms with Crippen molar-refractivity contribution in [2.45, 2.75) is 13.3 Å². The average molecular weight is 411 g/mol. The maximum Gasteiger partial charge on any atom is 0.187 e. The number of aromatic nitrogens is 1. The summed E-state index contributed by atoms with van der Waals surface area (Å²) < 4.78 is 0. The Morgan fingerprint density at radius 1 is 0.920 bits per heavy atom. The van der Waals surface area contributed by atoms with Gasteiger partial charge in [0.2, 0.25) is 0 Å². The molecule has 4 rings (SSSR count). The minimum Gasteiger partial charge on any atom is -0.331 e. The number of benzene rings is 3. The van der Waals surface area contributed by atoms with E-state index in [2.05, 4.69) is 84.4 Å². The van der Waals surface area contributed by atoms with Gasteiger partial charge in [-0.15, -0.1) is 28.3 Å². The molecule has 0 unspecified atom stereocenters. The molecule has 25 heavy (non-hydrogen) atoms. The number of anilines is 2. The Kier molecular flexibility index (Phi) is 5.51. The van der Waals surface area contributed by atoms with Gasteiger partial charge in [-0.05, 0) is 23.4 Å². The van der Waals surface area contributed by atoms with E-state index in [1.54, 1.807) is 11.3 Å². The van der Waals surface area contributed by atoms with Crippen LogP contribution in [0.3, 0.4) is 0 Å². The quantitative estimate of drug-likeness (QED) is 0.397. The van der Waals surface area contributed by atoms with Crippen LogP contribution in [-0.2, 0) is 6.42 Å². The number of nitrogens with one attached hydrogen (secondary N) is 1. The van der Waals surface area contributed by atoms with Crippen molar-refractivity contribution >= 4 is 49.9 Å². The van der Waals surface area contributed by atoms with Gasteiger partial charge in [-0.25, -0.2) is 4.98 Å². The molecule has 0 saturated heterocycles. The van der Waals surface area contributed by atoms with E-state index in [4.69, 9.17) is 4.98 Å². The molecule has 0 atom stereocenters. The average Bonchev–Trinajstić information content (AvgIpc) is 3.11. The number of fused-ring (bicyclic) bond motifs is 1. The van der Waals surface area contributed by atoms with Gasteiger partial charge in [0.25, 0.3) is 0 Å². The molecule has 0 bridgehead atoms. The highest BCUT2D eigenvalue weighted by Crippen LogP contribution is 2.30. The SMILES string of the molecule is Br.CCc1ccc(-c2csc(Nc3cccc4ccccc34)n2)cc1. The third kappa shape index (κ3) is 3.75. The molecular weight excluding hydrogens is 392 g/mol. The predicted octanol–water partition coefficient (Wildman–Crippen LogP) is 6.85. The molecule has 0 aliphatic heterocycles. The summed E-state index contributed by atoms with van der Waals surface area (Å²) in [5.74, 6) is 0. The molecule has 126 valence electrons. The third-order valence-electron chi connectivity index (χ3n) is 4.19. The fraction of sp³-hybridized carbons (Fsp3) is 0.0952. The second kappa shape index (κ2) is 7.81. The van der Waals surface area contributed by atoms with Gasteiger partial charge in [0, 0.05) is 22.0 Å². The van der Waals surface area contributed by atoms with E-state index in [0.29, 0.717) is 0 Å². The van der Waals surface area contributed by atoms with Gasteiger partial charge in [-0.2, -0.15) is 0 Å². The standard InChI is InChI=1S/C21H18N2S.BrH/c1-2-15-10-12-17(13-11-15)20-14-24-21(23-20)22-19-9-5-7-16-6-3-4-8-18(16)19;/h3-14H,2H2,1H3,(H,22,23);1H. The van der Waals surface area contributed by atoms with Crippen molar-refractivity contribution < 1.29 is 0 Å². The molecule has 4 heteroatoms. The van der Waals surface area contributed by atoms with Crippen molar-refractivity contribution in [1.82, 2.24) is 4.98 Å². The van der Waals surface area contributed by atoms with Gasteiger partial charge in [-0.3, -0.25) is 0 Å². The van der Waals surface area contributed by atoms with Crippen LogP contribution in [0, 0.1) is 0 Å². The van der Waals surface area contributed by atoms with Gasteiger partial charge < -0.3 is 5.32 Å². The zero-order valence-corrected chi connectivity index (χ0v) is 16.4. The molecule has 0 aliphatic rings. The van der Waals surface area contributed by atoms with E-state index in [1.165, 1.54) is 16.3 Å². The van der Waals surface area contributed by atoms with Gasteiger partial charge in [-0.1, -0.05) is 67.6 Å². The number of hydrogen-bond acceptors (Lipinski definition) is 3. The number of thiazole rings is 1. The van der Waals surface area contributed by atoms with Crippen LogP contribution in [0.1, 0.15) is 12.5 Å². The highest BCUT2D eigenvalue weighted by molar-refractivity contribution is 8.93. The zero-order chi connectivity index (χ0) is 16.4. The summed E-state index contributed by atoms with van der Waals surface area (Å²) in [5.41, 5.74) is 4.62. The minimum atomic E-state index is 0. The molecule has 2 nitrogen and oxygen atoms in total. The molecule has 0 spiro atoms. The Bertz CT molecular complexity index is 971. The van der Waals surface area contributed by atoms with Crippen LogP contribution in [0.25, 0.3) is 22.0 Å². The van der Waals surface area contributed by atoms with E-state index in [-0.39, 0.29) is 17.0 Å². The summed E-state index contributed by atoms with van der Waals surface area (Å²) >= 11 is 1.64. The van der Waals surface area contributed by atoms with Crippen LogP contribution in [-0.4, -0.2) is 4.98 Å². The summed E-state index contributed by atoms with van der Waals surface area (Å²) in [4.78, 5) is 4.75. The lowest BCUT2D eigenvalue weighted by Crippen LogP contribution is -1.91. The van der Waals surface area contributed by atoms with Crippen LogP contribution < -0.4 is 5.32 Å². The van der Waals surface area contributed by atoms with E-state index < -0.39 is 0 Å². The van der Waals surface area contributed by atoms with Crippen molar-refractivity contribution in [3.8, 4) is 11.3 Å². The second-order valence-electron chi connectivity index (χ2n) is 5.74. The van der Waals surface area contributed by atoms with Gasteiger partial charge in [0.1, 0.15) is 0 Å². The molecule has 0 amide bonds. The topological polar surface area (TPSA) is 24.9 Å². The number of halogens is 1. The van der Waals surface area contributed by atoms with E-state index >= 15 is 0 Å². The molecule has 0 aliphatic carbocycles. The summed E-state index contributed by atoms with van der Waals surface area (Å²) in [6.45, 7) is 2.17. The largest absolute Gasteiger partial charge is 0.331 e. The summed E-state index contributed by atoms with van der Waals surface area (Å²) in [6.07, 6.45) is 1.06. The van der Waals surface area contributed by atoms with Gasteiger partial charge >= 0.3 is 0 Å². The molecule has 1 heterocycles. The Morgan fingerprint density at radius 3 is 2.48 bits per heavy atom. The molecule has 3 aromatic carbocycles. The first kappa shape index (κ1) is 17.6. The third-order valence-corrected chi connectivity index (χ3v) is 4.95. The maximum atomic E-state index is 4.75. The van der Waals surface area contributed by atoms with E-state index in [1.807, 2.05) is 0 Å². The molecular formula is C21H19BrN2S.